The second kappa shape index (κ2) is 11.5. The zero-order valence-electron chi connectivity index (χ0n) is 18.1. The lowest BCUT2D eigenvalue weighted by Gasteiger charge is -2.35. The summed E-state index contributed by atoms with van der Waals surface area (Å²) in [5, 5.41) is 6.68. The van der Waals surface area contributed by atoms with Crippen molar-refractivity contribution in [1.82, 2.24) is 20.4 Å². The van der Waals surface area contributed by atoms with E-state index in [-0.39, 0.29) is 6.09 Å². The molecule has 0 bridgehead atoms. The van der Waals surface area contributed by atoms with Crippen molar-refractivity contribution in [2.24, 2.45) is 10.9 Å². The molecule has 8 nitrogen and oxygen atoms in total. The number of nitrogens with zero attached hydrogens (tertiary/aromatic N) is 3. The van der Waals surface area contributed by atoms with Gasteiger partial charge in [-0.1, -0.05) is 0 Å². The molecule has 0 aromatic rings. The van der Waals surface area contributed by atoms with Crippen LogP contribution in [0.5, 0.6) is 0 Å². The van der Waals surface area contributed by atoms with Gasteiger partial charge in [-0.15, -0.1) is 0 Å². The fraction of sp³-hybridized carbons (Fsp3) is 0.900. The Hall–Kier alpha value is -1.54. The lowest BCUT2D eigenvalue weighted by molar-refractivity contribution is 0.0147. The smallest absolute Gasteiger partial charge is 0.410 e. The van der Waals surface area contributed by atoms with Gasteiger partial charge in [0.2, 0.25) is 0 Å². The highest BCUT2D eigenvalue weighted by molar-refractivity contribution is 5.79. The highest BCUT2D eigenvalue weighted by Gasteiger charge is 2.25. The number of carbonyl (C=O) groups is 1. The fourth-order valence-electron chi connectivity index (χ4n) is 2.95. The van der Waals surface area contributed by atoms with Crippen LogP contribution in [0.3, 0.4) is 0 Å². The van der Waals surface area contributed by atoms with E-state index in [9.17, 15) is 4.79 Å². The van der Waals surface area contributed by atoms with Crippen molar-refractivity contribution in [3.63, 3.8) is 0 Å². The molecule has 0 aromatic carbocycles. The summed E-state index contributed by atoms with van der Waals surface area (Å²) in [6, 6.07) is 0. The molecule has 2 aliphatic rings. The monoisotopic (exact) mass is 397 g/mol. The van der Waals surface area contributed by atoms with Crippen molar-refractivity contribution in [1.29, 1.82) is 0 Å². The molecule has 0 spiro atoms. The van der Waals surface area contributed by atoms with Gasteiger partial charge < -0.3 is 25.0 Å². The minimum atomic E-state index is -0.440. The highest BCUT2D eigenvalue weighted by Crippen LogP contribution is 2.28. The van der Waals surface area contributed by atoms with Gasteiger partial charge in [0.05, 0.1) is 0 Å². The van der Waals surface area contributed by atoms with Gasteiger partial charge in [0, 0.05) is 66.1 Å². The van der Waals surface area contributed by atoms with E-state index in [0.717, 1.165) is 64.2 Å². The summed E-state index contributed by atoms with van der Waals surface area (Å²) in [6.07, 6.45) is 3.45. The van der Waals surface area contributed by atoms with E-state index in [1.807, 2.05) is 20.8 Å². The summed E-state index contributed by atoms with van der Waals surface area (Å²) in [4.78, 5) is 20.5. The van der Waals surface area contributed by atoms with Gasteiger partial charge in [0.25, 0.3) is 0 Å². The number of rotatable bonds is 9. The maximum Gasteiger partial charge on any atom is 0.410 e. The summed E-state index contributed by atoms with van der Waals surface area (Å²) in [6.45, 7) is 13.2. The van der Waals surface area contributed by atoms with Crippen molar-refractivity contribution >= 4 is 12.1 Å². The van der Waals surface area contributed by atoms with Crippen LogP contribution < -0.4 is 10.6 Å². The minimum absolute atomic E-state index is 0.212. The molecule has 1 aliphatic carbocycles. The van der Waals surface area contributed by atoms with Crippen LogP contribution >= 0.6 is 0 Å². The van der Waals surface area contributed by atoms with Crippen LogP contribution in [0, 0.1) is 5.92 Å². The second-order valence-electron chi connectivity index (χ2n) is 8.61. The molecule has 1 saturated heterocycles. The molecule has 8 heteroatoms. The summed E-state index contributed by atoms with van der Waals surface area (Å²) in [5.74, 6) is 1.66. The number of carbonyl (C=O) groups excluding carboxylic acids is 1. The molecule has 1 saturated carbocycles. The lowest BCUT2D eigenvalue weighted by Crippen LogP contribution is -2.51. The molecule has 0 unspecified atom stereocenters. The maximum atomic E-state index is 12.1. The number of ether oxygens (including phenoxy) is 2. The van der Waals surface area contributed by atoms with Gasteiger partial charge in [-0.05, 0) is 46.0 Å². The topological polar surface area (TPSA) is 78.4 Å². The number of piperazine rings is 1. The normalized spacial score (nSPS) is 18.9. The Labute approximate surface area is 170 Å². The quantitative estimate of drug-likeness (QED) is 0.349. The number of hydrogen-bond donors (Lipinski definition) is 2. The molecule has 28 heavy (non-hydrogen) atoms. The standard InChI is InChI=1S/C20H39N5O3/c1-20(2,3)28-19(26)25-13-11-24(12-14-25)10-9-23-18(21-4)22-8-5-15-27-16-17-6-7-17/h17H,5-16H2,1-4H3,(H2,21,22,23). The first-order valence-electron chi connectivity index (χ1n) is 10.6. The Bertz CT molecular complexity index is 495. The number of hydrogen-bond acceptors (Lipinski definition) is 5. The minimum Gasteiger partial charge on any atom is -0.444 e. The van der Waals surface area contributed by atoms with Crippen molar-refractivity contribution in [3.05, 3.63) is 0 Å². The van der Waals surface area contributed by atoms with Gasteiger partial charge in [0.1, 0.15) is 5.60 Å². The van der Waals surface area contributed by atoms with E-state index in [2.05, 4.69) is 20.5 Å². The van der Waals surface area contributed by atoms with Gasteiger partial charge >= 0.3 is 6.09 Å². The SMILES string of the molecule is CN=C(NCCCOCC1CC1)NCCN1CCN(C(=O)OC(C)(C)C)CC1. The molecule has 0 radical (unpaired) electrons. The van der Waals surface area contributed by atoms with Crippen LogP contribution in [0.2, 0.25) is 0 Å². The van der Waals surface area contributed by atoms with Gasteiger partial charge in [-0.25, -0.2) is 4.79 Å². The van der Waals surface area contributed by atoms with E-state index in [1.165, 1.54) is 12.8 Å². The van der Waals surface area contributed by atoms with E-state index in [0.29, 0.717) is 13.1 Å². The predicted molar refractivity (Wildman–Crippen MR) is 112 cm³/mol. The van der Waals surface area contributed by atoms with E-state index in [1.54, 1.807) is 11.9 Å². The first-order chi connectivity index (χ1) is 13.4. The van der Waals surface area contributed by atoms with Crippen molar-refractivity contribution in [3.8, 4) is 0 Å². The molecular formula is C20H39N5O3. The van der Waals surface area contributed by atoms with Gasteiger partial charge in [0.15, 0.2) is 5.96 Å². The largest absolute Gasteiger partial charge is 0.444 e. The molecule has 0 atom stereocenters. The third-order valence-electron chi connectivity index (χ3n) is 4.78. The van der Waals surface area contributed by atoms with Crippen LogP contribution in [-0.4, -0.2) is 93.5 Å². The lowest BCUT2D eigenvalue weighted by atomic mass is 10.2. The van der Waals surface area contributed by atoms with Gasteiger partial charge in [-0.2, -0.15) is 0 Å². The molecule has 2 fully saturated rings. The number of aliphatic imine (C=N–C) groups is 1. The molecule has 2 rings (SSSR count). The third-order valence-corrected chi connectivity index (χ3v) is 4.78. The van der Waals surface area contributed by atoms with Crippen molar-refractivity contribution in [2.45, 2.75) is 45.6 Å². The molecule has 1 aliphatic heterocycles. The first kappa shape index (κ1) is 22.7. The van der Waals surface area contributed by atoms with E-state index >= 15 is 0 Å². The van der Waals surface area contributed by atoms with Crippen LogP contribution in [0.25, 0.3) is 0 Å². The maximum absolute atomic E-state index is 12.1. The molecule has 162 valence electrons. The average Bonchev–Trinajstić information content (AvgIpc) is 3.46. The molecule has 1 amide bonds. The van der Waals surface area contributed by atoms with Gasteiger partial charge in [-0.3, -0.25) is 9.89 Å². The fourth-order valence-corrected chi connectivity index (χ4v) is 2.95. The van der Waals surface area contributed by atoms with E-state index in [4.69, 9.17) is 9.47 Å². The zero-order chi connectivity index (χ0) is 20.4. The molecular weight excluding hydrogens is 358 g/mol. The zero-order valence-corrected chi connectivity index (χ0v) is 18.1. The highest BCUT2D eigenvalue weighted by atomic mass is 16.6. The van der Waals surface area contributed by atoms with Crippen LogP contribution in [0.4, 0.5) is 4.79 Å². The Balaban J connectivity index is 1.50. The molecule has 0 aromatic heterocycles. The Kier molecular flexibility index (Phi) is 9.31. The second-order valence-corrected chi connectivity index (χ2v) is 8.61. The average molecular weight is 398 g/mol. The van der Waals surface area contributed by atoms with Crippen molar-refractivity contribution < 1.29 is 14.3 Å². The Morgan fingerprint density at radius 1 is 1.11 bits per heavy atom. The van der Waals surface area contributed by atoms with Crippen LogP contribution in [0.15, 0.2) is 4.99 Å². The van der Waals surface area contributed by atoms with E-state index < -0.39 is 5.60 Å². The van der Waals surface area contributed by atoms with Crippen molar-refractivity contribution in [2.75, 3.05) is 66.1 Å². The third kappa shape index (κ3) is 9.59. The Morgan fingerprint density at radius 3 is 2.39 bits per heavy atom. The molecule has 1 heterocycles. The Morgan fingerprint density at radius 2 is 1.79 bits per heavy atom. The summed E-state index contributed by atoms with van der Waals surface area (Å²) >= 11 is 0. The number of nitrogens with one attached hydrogen (secondary N) is 2. The predicted octanol–water partition coefficient (Wildman–Crippen LogP) is 1.52. The molecule has 2 N–H and O–H groups in total. The van der Waals surface area contributed by atoms with Crippen LogP contribution in [-0.2, 0) is 9.47 Å². The number of amides is 1. The first-order valence-corrected chi connectivity index (χ1v) is 10.6. The summed E-state index contributed by atoms with van der Waals surface area (Å²) < 4.78 is 11.1. The summed E-state index contributed by atoms with van der Waals surface area (Å²) in [7, 11) is 1.79. The number of guanidine groups is 1. The summed E-state index contributed by atoms with van der Waals surface area (Å²) in [5.41, 5.74) is -0.440. The van der Waals surface area contributed by atoms with Crippen LogP contribution in [0.1, 0.15) is 40.0 Å².